The predicted molar refractivity (Wildman–Crippen MR) is 99.9 cm³/mol. The summed E-state index contributed by atoms with van der Waals surface area (Å²) in [6, 6.07) is 14.7. The molecule has 1 atom stereocenters. The maximum absolute atomic E-state index is 12.3. The standard InChI is InChI=1S/C20H24N2O3/c1-4-15-9-11-18(12-10-15)25-14(3)20(24)22-17-8-6-7-16(13-17)21-19(23)5-2/h6-14H,4-5H2,1-3H3,(H,21,23)(H,22,24)/t14-/m0/s1. The SMILES string of the molecule is CCC(=O)Nc1cccc(NC(=O)[C@H](C)Oc2ccc(CC)cc2)c1. The highest BCUT2D eigenvalue weighted by Crippen LogP contribution is 2.17. The second-order valence-electron chi connectivity index (χ2n) is 5.73. The number of carbonyl (C=O) groups is 2. The van der Waals surface area contributed by atoms with Crippen LogP contribution in [-0.4, -0.2) is 17.9 Å². The van der Waals surface area contributed by atoms with Crippen molar-refractivity contribution in [1.82, 2.24) is 0 Å². The van der Waals surface area contributed by atoms with Crippen molar-refractivity contribution in [3.63, 3.8) is 0 Å². The maximum atomic E-state index is 12.3. The summed E-state index contributed by atoms with van der Waals surface area (Å²) in [6.45, 7) is 5.57. The van der Waals surface area contributed by atoms with Crippen LogP contribution in [0.3, 0.4) is 0 Å². The minimum atomic E-state index is -0.638. The summed E-state index contributed by atoms with van der Waals surface area (Å²) in [5.41, 5.74) is 2.47. The number of hydrogen-bond acceptors (Lipinski definition) is 3. The summed E-state index contributed by atoms with van der Waals surface area (Å²) < 4.78 is 5.68. The molecule has 25 heavy (non-hydrogen) atoms. The molecular weight excluding hydrogens is 316 g/mol. The Labute approximate surface area is 148 Å². The Kier molecular flexibility index (Phi) is 6.57. The molecule has 0 fully saturated rings. The summed E-state index contributed by atoms with van der Waals surface area (Å²) in [4.78, 5) is 23.8. The minimum Gasteiger partial charge on any atom is -0.481 e. The topological polar surface area (TPSA) is 67.4 Å². The van der Waals surface area contributed by atoms with Gasteiger partial charge in [0.05, 0.1) is 0 Å². The van der Waals surface area contributed by atoms with Crippen LogP contribution in [0.5, 0.6) is 5.75 Å². The van der Waals surface area contributed by atoms with Gasteiger partial charge in [-0.05, 0) is 49.2 Å². The van der Waals surface area contributed by atoms with Crippen molar-refractivity contribution in [3.8, 4) is 5.75 Å². The summed E-state index contributed by atoms with van der Waals surface area (Å²) in [7, 11) is 0. The highest BCUT2D eigenvalue weighted by Gasteiger charge is 2.15. The van der Waals surface area contributed by atoms with Gasteiger partial charge in [0, 0.05) is 17.8 Å². The van der Waals surface area contributed by atoms with Gasteiger partial charge in [-0.25, -0.2) is 0 Å². The molecule has 5 nitrogen and oxygen atoms in total. The number of anilines is 2. The number of carbonyl (C=O) groups excluding carboxylic acids is 2. The molecule has 2 rings (SSSR count). The second kappa shape index (κ2) is 8.87. The summed E-state index contributed by atoms with van der Waals surface area (Å²) >= 11 is 0. The van der Waals surface area contributed by atoms with Crippen LogP contribution >= 0.6 is 0 Å². The molecule has 2 aromatic rings. The van der Waals surface area contributed by atoms with E-state index in [2.05, 4.69) is 17.6 Å². The van der Waals surface area contributed by atoms with Crippen LogP contribution < -0.4 is 15.4 Å². The fourth-order valence-electron chi connectivity index (χ4n) is 2.23. The van der Waals surface area contributed by atoms with E-state index < -0.39 is 6.10 Å². The molecule has 0 aliphatic rings. The first-order valence-corrected chi connectivity index (χ1v) is 8.48. The maximum Gasteiger partial charge on any atom is 0.265 e. The summed E-state index contributed by atoms with van der Waals surface area (Å²) in [5, 5.41) is 5.56. The quantitative estimate of drug-likeness (QED) is 0.800. The highest BCUT2D eigenvalue weighted by atomic mass is 16.5. The van der Waals surface area contributed by atoms with Crippen LogP contribution in [-0.2, 0) is 16.0 Å². The molecule has 132 valence electrons. The molecule has 0 aromatic heterocycles. The van der Waals surface area contributed by atoms with E-state index in [4.69, 9.17) is 4.74 Å². The van der Waals surface area contributed by atoms with E-state index in [0.29, 0.717) is 23.5 Å². The first-order chi connectivity index (χ1) is 12.0. The number of rotatable bonds is 7. The van der Waals surface area contributed by atoms with E-state index in [0.717, 1.165) is 6.42 Å². The normalized spacial score (nSPS) is 11.5. The van der Waals surface area contributed by atoms with Crippen LogP contribution in [0.15, 0.2) is 48.5 Å². The number of aryl methyl sites for hydroxylation is 1. The first kappa shape index (κ1) is 18.5. The van der Waals surface area contributed by atoms with Crippen molar-refractivity contribution in [3.05, 3.63) is 54.1 Å². The Bertz CT molecular complexity index is 726. The minimum absolute atomic E-state index is 0.0734. The zero-order valence-electron chi connectivity index (χ0n) is 14.8. The van der Waals surface area contributed by atoms with Crippen molar-refractivity contribution >= 4 is 23.2 Å². The molecule has 0 heterocycles. The van der Waals surface area contributed by atoms with Gasteiger partial charge in [0.2, 0.25) is 5.91 Å². The van der Waals surface area contributed by atoms with Gasteiger partial charge in [-0.2, -0.15) is 0 Å². The largest absolute Gasteiger partial charge is 0.481 e. The molecule has 0 aliphatic carbocycles. The Morgan fingerprint density at radius 2 is 1.64 bits per heavy atom. The Morgan fingerprint density at radius 1 is 1.00 bits per heavy atom. The zero-order valence-corrected chi connectivity index (χ0v) is 14.8. The predicted octanol–water partition coefficient (Wildman–Crippen LogP) is 4.00. The van der Waals surface area contributed by atoms with E-state index in [1.807, 2.05) is 24.3 Å². The molecular formula is C20H24N2O3. The number of hydrogen-bond donors (Lipinski definition) is 2. The number of nitrogens with one attached hydrogen (secondary N) is 2. The van der Waals surface area contributed by atoms with E-state index in [-0.39, 0.29) is 11.8 Å². The number of amides is 2. The molecule has 5 heteroatoms. The molecule has 0 spiro atoms. The fraction of sp³-hybridized carbons (Fsp3) is 0.300. The lowest BCUT2D eigenvalue weighted by atomic mass is 10.2. The molecule has 0 radical (unpaired) electrons. The van der Waals surface area contributed by atoms with Gasteiger partial charge in [0.15, 0.2) is 6.10 Å². The monoisotopic (exact) mass is 340 g/mol. The average molecular weight is 340 g/mol. The van der Waals surface area contributed by atoms with Gasteiger partial charge >= 0.3 is 0 Å². The lowest BCUT2D eigenvalue weighted by Crippen LogP contribution is -2.30. The van der Waals surface area contributed by atoms with Crippen LogP contribution in [0.2, 0.25) is 0 Å². The summed E-state index contributed by atoms with van der Waals surface area (Å²) in [6.07, 6.45) is 0.723. The lowest BCUT2D eigenvalue weighted by molar-refractivity contribution is -0.122. The van der Waals surface area contributed by atoms with Gasteiger partial charge in [0.25, 0.3) is 5.91 Å². The highest BCUT2D eigenvalue weighted by molar-refractivity contribution is 5.95. The Morgan fingerprint density at radius 3 is 2.24 bits per heavy atom. The van der Waals surface area contributed by atoms with Crippen molar-refractivity contribution in [2.75, 3.05) is 10.6 Å². The van der Waals surface area contributed by atoms with Gasteiger partial charge in [-0.15, -0.1) is 0 Å². The van der Waals surface area contributed by atoms with Crippen molar-refractivity contribution in [1.29, 1.82) is 0 Å². The molecule has 2 N–H and O–H groups in total. The van der Waals surface area contributed by atoms with Crippen molar-refractivity contribution < 1.29 is 14.3 Å². The molecule has 0 saturated carbocycles. The third kappa shape index (κ3) is 5.64. The first-order valence-electron chi connectivity index (χ1n) is 8.48. The second-order valence-corrected chi connectivity index (χ2v) is 5.73. The van der Waals surface area contributed by atoms with E-state index in [1.165, 1.54) is 5.56 Å². The third-order valence-electron chi connectivity index (χ3n) is 3.75. The molecule has 2 aromatic carbocycles. The molecule has 0 saturated heterocycles. The van der Waals surface area contributed by atoms with E-state index in [1.54, 1.807) is 38.1 Å². The zero-order chi connectivity index (χ0) is 18.2. The third-order valence-corrected chi connectivity index (χ3v) is 3.75. The fourth-order valence-corrected chi connectivity index (χ4v) is 2.23. The lowest BCUT2D eigenvalue weighted by Gasteiger charge is -2.15. The van der Waals surface area contributed by atoms with Crippen LogP contribution in [0, 0.1) is 0 Å². The molecule has 0 bridgehead atoms. The van der Waals surface area contributed by atoms with Gasteiger partial charge in [0.1, 0.15) is 5.75 Å². The Balaban J connectivity index is 1.95. The van der Waals surface area contributed by atoms with Crippen molar-refractivity contribution in [2.45, 2.75) is 39.7 Å². The number of ether oxygens (including phenoxy) is 1. The molecule has 0 aliphatic heterocycles. The van der Waals surface area contributed by atoms with Gasteiger partial charge in [-0.1, -0.05) is 32.0 Å². The van der Waals surface area contributed by atoms with E-state index in [9.17, 15) is 9.59 Å². The van der Waals surface area contributed by atoms with Crippen molar-refractivity contribution in [2.24, 2.45) is 0 Å². The van der Waals surface area contributed by atoms with Crippen LogP contribution in [0.25, 0.3) is 0 Å². The van der Waals surface area contributed by atoms with Gasteiger partial charge < -0.3 is 15.4 Å². The molecule has 2 amide bonds. The molecule has 0 unspecified atom stereocenters. The summed E-state index contributed by atoms with van der Waals surface area (Å²) in [5.74, 6) is 0.332. The number of benzene rings is 2. The smallest absolute Gasteiger partial charge is 0.265 e. The Hall–Kier alpha value is -2.82. The van der Waals surface area contributed by atoms with E-state index >= 15 is 0 Å². The van der Waals surface area contributed by atoms with Crippen LogP contribution in [0.4, 0.5) is 11.4 Å². The average Bonchev–Trinajstić information content (AvgIpc) is 2.62. The van der Waals surface area contributed by atoms with Gasteiger partial charge in [-0.3, -0.25) is 9.59 Å². The van der Waals surface area contributed by atoms with Crippen LogP contribution in [0.1, 0.15) is 32.8 Å².